The van der Waals surface area contributed by atoms with E-state index in [1.54, 1.807) is 13.0 Å². The number of alkyl halides is 3. The fourth-order valence-corrected chi connectivity index (χ4v) is 4.01. The van der Waals surface area contributed by atoms with Gasteiger partial charge in [0.2, 0.25) is 0 Å². The first-order valence-electron chi connectivity index (χ1n) is 9.90. The Balaban J connectivity index is 1.60. The highest BCUT2D eigenvalue weighted by Crippen LogP contribution is 2.30. The number of benzene rings is 1. The summed E-state index contributed by atoms with van der Waals surface area (Å²) in [6.07, 6.45) is 2.80. The van der Waals surface area contributed by atoms with Crippen LogP contribution in [-0.2, 0) is 9.53 Å². The van der Waals surface area contributed by atoms with Crippen molar-refractivity contribution in [3.05, 3.63) is 46.6 Å². The number of nitrogens with one attached hydrogen (secondary N) is 1. The van der Waals surface area contributed by atoms with E-state index >= 15 is 0 Å². The fraction of sp³-hybridized carbons (Fsp3) is 0.381. The molecular formula is C21H21BrClF2N3O4. The molecule has 1 saturated heterocycles. The number of hydrogen-bond acceptors (Lipinski definition) is 6. The van der Waals surface area contributed by atoms with E-state index in [4.69, 9.17) is 16.3 Å². The number of nitrogens with zero attached hydrogens (tertiary/aromatic N) is 2. The van der Waals surface area contributed by atoms with E-state index in [0.717, 1.165) is 0 Å². The van der Waals surface area contributed by atoms with Crippen molar-refractivity contribution < 1.29 is 27.8 Å². The van der Waals surface area contributed by atoms with Crippen molar-refractivity contribution in [1.82, 2.24) is 4.98 Å². The molecule has 1 aromatic heterocycles. The second-order valence-corrected chi connectivity index (χ2v) is 8.36. The molecule has 1 aliphatic rings. The second kappa shape index (κ2) is 10.4. The number of anilines is 2. The first kappa shape index (κ1) is 24.2. The Morgan fingerprint density at radius 1 is 1.28 bits per heavy atom. The maximum absolute atomic E-state index is 12.7. The van der Waals surface area contributed by atoms with Crippen molar-refractivity contribution in [3.63, 3.8) is 0 Å². The third-order valence-corrected chi connectivity index (χ3v) is 5.50. The van der Waals surface area contributed by atoms with Crippen molar-refractivity contribution in [2.75, 3.05) is 29.9 Å². The zero-order valence-corrected chi connectivity index (χ0v) is 19.5. The minimum atomic E-state index is -3.81. The van der Waals surface area contributed by atoms with Gasteiger partial charge in [-0.2, -0.15) is 0 Å². The van der Waals surface area contributed by atoms with Crippen LogP contribution in [0.1, 0.15) is 30.1 Å². The number of aromatic nitrogens is 1. The topological polar surface area (TPSA) is 80.8 Å². The summed E-state index contributed by atoms with van der Waals surface area (Å²) in [5.74, 6) is -0.136. The quantitative estimate of drug-likeness (QED) is 0.397. The summed E-state index contributed by atoms with van der Waals surface area (Å²) in [7, 11) is 0. The second-order valence-electron chi connectivity index (χ2n) is 7.07. The van der Waals surface area contributed by atoms with Gasteiger partial charge in [-0.3, -0.25) is 9.59 Å². The van der Waals surface area contributed by atoms with Gasteiger partial charge in [-0.25, -0.2) is 4.98 Å². The van der Waals surface area contributed by atoms with Crippen molar-refractivity contribution >= 4 is 50.9 Å². The lowest BCUT2D eigenvalue weighted by atomic mass is 9.97. The van der Waals surface area contributed by atoms with Crippen molar-refractivity contribution in [3.8, 4) is 5.75 Å². The van der Waals surface area contributed by atoms with Crippen LogP contribution in [0, 0.1) is 5.92 Å². The summed E-state index contributed by atoms with van der Waals surface area (Å²) in [5.41, 5.74) is -3.10. The Kier molecular flexibility index (Phi) is 7.89. The number of pyridine rings is 1. The van der Waals surface area contributed by atoms with E-state index < -0.39 is 11.5 Å². The Morgan fingerprint density at radius 2 is 1.94 bits per heavy atom. The zero-order chi connectivity index (χ0) is 23.3. The van der Waals surface area contributed by atoms with Crippen LogP contribution in [-0.4, -0.2) is 42.1 Å². The molecule has 0 aliphatic carbocycles. The third kappa shape index (κ3) is 6.52. The number of hydrogen-bond donors (Lipinski definition) is 1. The Hall–Kier alpha value is -2.46. The molecule has 2 heterocycles. The molecule has 0 radical (unpaired) electrons. The highest BCUT2D eigenvalue weighted by atomic mass is 79.9. The number of rotatable bonds is 7. The predicted octanol–water partition coefficient (Wildman–Crippen LogP) is 5.04. The van der Waals surface area contributed by atoms with E-state index in [9.17, 15) is 18.4 Å². The van der Waals surface area contributed by atoms with Crippen LogP contribution in [0.4, 0.5) is 20.3 Å². The van der Waals surface area contributed by atoms with Gasteiger partial charge in [0.05, 0.1) is 22.6 Å². The highest BCUT2D eigenvalue weighted by molar-refractivity contribution is 9.10. The molecule has 11 heteroatoms. The first-order valence-corrected chi connectivity index (χ1v) is 11.1. The van der Waals surface area contributed by atoms with Crippen LogP contribution in [0.25, 0.3) is 0 Å². The van der Waals surface area contributed by atoms with Gasteiger partial charge in [-0.05, 0) is 66.0 Å². The molecule has 0 bridgehead atoms. The minimum absolute atomic E-state index is 0.109. The van der Waals surface area contributed by atoms with E-state index in [1.807, 2.05) is 4.90 Å². The molecule has 1 amide bonds. The highest BCUT2D eigenvalue weighted by Gasteiger charge is 2.28. The average molecular weight is 533 g/mol. The van der Waals surface area contributed by atoms with Crippen LogP contribution in [0.3, 0.4) is 0 Å². The molecule has 172 valence electrons. The molecule has 7 nitrogen and oxygen atoms in total. The fourth-order valence-electron chi connectivity index (χ4n) is 3.32. The van der Waals surface area contributed by atoms with Gasteiger partial charge in [0.25, 0.3) is 5.91 Å². The van der Waals surface area contributed by atoms with Crippen LogP contribution in [0.5, 0.6) is 5.75 Å². The summed E-state index contributed by atoms with van der Waals surface area (Å²) >= 11 is 8.20. The van der Waals surface area contributed by atoms with Crippen LogP contribution >= 0.6 is 27.5 Å². The third-order valence-electron chi connectivity index (χ3n) is 4.84. The van der Waals surface area contributed by atoms with Crippen molar-refractivity contribution in [1.29, 1.82) is 0 Å². The molecule has 2 aromatic rings. The summed E-state index contributed by atoms with van der Waals surface area (Å²) in [6, 6.07) is 7.02. The number of carbonyl (C=O) groups is 2. The largest absolute Gasteiger partial charge is 0.487 e. The number of piperidine rings is 1. The number of ether oxygens (including phenoxy) is 2. The maximum Gasteiger partial charge on any atom is 0.487 e. The average Bonchev–Trinajstić information content (AvgIpc) is 2.74. The number of carbonyl (C=O) groups excluding carboxylic acids is 2. The number of amides is 1. The molecule has 0 saturated carbocycles. The lowest BCUT2D eigenvalue weighted by molar-refractivity contribution is -0.148. The first-order chi connectivity index (χ1) is 15.2. The van der Waals surface area contributed by atoms with Gasteiger partial charge in [-0.15, -0.1) is 8.78 Å². The molecule has 1 fully saturated rings. The number of halogens is 4. The van der Waals surface area contributed by atoms with Crippen LogP contribution in [0.2, 0.25) is 0 Å². The summed E-state index contributed by atoms with van der Waals surface area (Å²) in [4.78, 5) is 30.9. The summed E-state index contributed by atoms with van der Waals surface area (Å²) in [5, 5.41) is 2.66. The van der Waals surface area contributed by atoms with Gasteiger partial charge in [0.15, 0.2) is 0 Å². The minimum Gasteiger partial charge on any atom is -0.466 e. The predicted molar refractivity (Wildman–Crippen MR) is 119 cm³/mol. The van der Waals surface area contributed by atoms with Gasteiger partial charge >= 0.3 is 11.5 Å². The lowest BCUT2D eigenvalue weighted by Crippen LogP contribution is -2.37. The van der Waals surface area contributed by atoms with E-state index in [-0.39, 0.29) is 17.6 Å². The van der Waals surface area contributed by atoms with Crippen LogP contribution < -0.4 is 15.0 Å². The monoisotopic (exact) mass is 531 g/mol. The smallest absolute Gasteiger partial charge is 0.466 e. The molecule has 0 spiro atoms. The summed E-state index contributed by atoms with van der Waals surface area (Å²) < 4.78 is 35.3. The van der Waals surface area contributed by atoms with Gasteiger partial charge < -0.3 is 19.7 Å². The molecule has 3 rings (SSSR count). The molecule has 1 aliphatic heterocycles. The zero-order valence-electron chi connectivity index (χ0n) is 17.1. The molecule has 0 unspecified atom stereocenters. The summed E-state index contributed by atoms with van der Waals surface area (Å²) in [6.45, 7) is 3.46. The van der Waals surface area contributed by atoms with Gasteiger partial charge in [-0.1, -0.05) is 0 Å². The van der Waals surface area contributed by atoms with Crippen LogP contribution in [0.15, 0.2) is 41.0 Å². The Labute approximate surface area is 197 Å². The lowest BCUT2D eigenvalue weighted by Gasteiger charge is -2.32. The molecule has 1 N–H and O–H groups in total. The molecule has 1 aromatic carbocycles. The van der Waals surface area contributed by atoms with Crippen molar-refractivity contribution in [2.45, 2.75) is 25.3 Å². The molecule has 0 atom stereocenters. The molecular weight excluding hydrogens is 512 g/mol. The Bertz CT molecular complexity index is 965. The van der Waals surface area contributed by atoms with Gasteiger partial charge in [0.1, 0.15) is 11.6 Å². The van der Waals surface area contributed by atoms with E-state index in [2.05, 4.69) is 31.0 Å². The SMILES string of the molecule is CCOC(=O)C1CCN(c2ncc(C(=O)Nc3ccc(OC(F)(F)Cl)cc3)cc2Br)CC1. The Morgan fingerprint density at radius 3 is 2.50 bits per heavy atom. The maximum atomic E-state index is 12.7. The van der Waals surface area contributed by atoms with E-state index in [0.29, 0.717) is 54.1 Å². The van der Waals surface area contributed by atoms with Crippen molar-refractivity contribution in [2.24, 2.45) is 5.92 Å². The van der Waals surface area contributed by atoms with Gasteiger partial charge in [0, 0.05) is 36.6 Å². The standard InChI is InChI=1S/C21H21BrClF2N3O4/c1-2-31-20(30)13-7-9-28(10-8-13)18-17(22)11-14(12-26-18)19(29)27-15-3-5-16(6-4-15)32-21(23,24)25/h3-6,11-13H,2,7-10H2,1H3,(H,27,29). The molecule has 32 heavy (non-hydrogen) atoms. The normalized spacial score (nSPS) is 14.7. The van der Waals surface area contributed by atoms with E-state index in [1.165, 1.54) is 30.5 Å². The number of esters is 1.